The van der Waals surface area contributed by atoms with Crippen molar-refractivity contribution in [3.05, 3.63) is 29.3 Å². The fourth-order valence-electron chi connectivity index (χ4n) is 5.81. The average Bonchev–Trinajstić information content (AvgIpc) is 2.93. The highest BCUT2D eigenvalue weighted by Gasteiger charge is 2.54. The monoisotopic (exact) mass is 404 g/mol. The van der Waals surface area contributed by atoms with Crippen LogP contribution in [0.15, 0.2) is 18.2 Å². The molecular formula is C22H29BrO2. The van der Waals surface area contributed by atoms with Gasteiger partial charge in [0.05, 0.1) is 6.61 Å². The van der Waals surface area contributed by atoms with E-state index in [4.69, 9.17) is 4.74 Å². The molecule has 3 aliphatic rings. The molecule has 3 aliphatic carbocycles. The van der Waals surface area contributed by atoms with Crippen LogP contribution in [0.1, 0.15) is 68.9 Å². The maximum Gasteiger partial charge on any atom is 0.139 e. The Morgan fingerprint density at radius 3 is 2.92 bits per heavy atom. The van der Waals surface area contributed by atoms with E-state index in [2.05, 4.69) is 41.1 Å². The molecule has 0 heterocycles. The number of alkyl halides is 1. The summed E-state index contributed by atoms with van der Waals surface area (Å²) in [5.41, 5.74) is 3.02. The average molecular weight is 405 g/mol. The summed E-state index contributed by atoms with van der Waals surface area (Å²) in [5, 5.41) is 1.05. The SMILES string of the molecule is C[C@]12CC[C@@H]3c4ccc(OCCCCBr)cc4CC[C@H]3[C@@H]1CCC2=O. The number of hydrogen-bond acceptors (Lipinski definition) is 2. The Balaban J connectivity index is 1.50. The molecule has 0 unspecified atom stereocenters. The van der Waals surface area contributed by atoms with Crippen LogP contribution in [0.3, 0.4) is 0 Å². The predicted molar refractivity (Wildman–Crippen MR) is 105 cm³/mol. The van der Waals surface area contributed by atoms with Crippen LogP contribution >= 0.6 is 15.9 Å². The van der Waals surface area contributed by atoms with Gasteiger partial charge in [-0.1, -0.05) is 28.9 Å². The van der Waals surface area contributed by atoms with Crippen LogP contribution in [0.5, 0.6) is 5.75 Å². The number of benzene rings is 1. The molecule has 2 fully saturated rings. The van der Waals surface area contributed by atoms with Gasteiger partial charge in [-0.25, -0.2) is 0 Å². The molecule has 2 saturated carbocycles. The van der Waals surface area contributed by atoms with E-state index in [-0.39, 0.29) is 5.41 Å². The molecule has 0 aliphatic heterocycles. The first-order valence-electron chi connectivity index (χ1n) is 9.98. The molecule has 2 nitrogen and oxygen atoms in total. The molecule has 0 saturated heterocycles. The van der Waals surface area contributed by atoms with Crippen LogP contribution < -0.4 is 4.74 Å². The Morgan fingerprint density at radius 2 is 2.08 bits per heavy atom. The smallest absolute Gasteiger partial charge is 0.139 e. The summed E-state index contributed by atoms with van der Waals surface area (Å²) < 4.78 is 5.94. The van der Waals surface area contributed by atoms with Gasteiger partial charge in [-0.2, -0.15) is 0 Å². The van der Waals surface area contributed by atoms with Crippen molar-refractivity contribution in [2.24, 2.45) is 17.3 Å². The van der Waals surface area contributed by atoms with Gasteiger partial charge in [0, 0.05) is 17.2 Å². The summed E-state index contributed by atoms with van der Waals surface area (Å²) >= 11 is 3.47. The molecule has 4 rings (SSSR count). The van der Waals surface area contributed by atoms with Crippen molar-refractivity contribution in [3.8, 4) is 5.75 Å². The molecule has 0 aromatic heterocycles. The lowest BCUT2D eigenvalue weighted by Crippen LogP contribution is -2.42. The van der Waals surface area contributed by atoms with Crippen molar-refractivity contribution in [3.63, 3.8) is 0 Å². The molecule has 136 valence electrons. The van der Waals surface area contributed by atoms with Gasteiger partial charge in [-0.3, -0.25) is 4.79 Å². The summed E-state index contributed by atoms with van der Waals surface area (Å²) in [7, 11) is 0. The number of unbranched alkanes of at least 4 members (excludes halogenated alkanes) is 1. The molecule has 1 aromatic carbocycles. The van der Waals surface area contributed by atoms with Crippen LogP contribution in [-0.4, -0.2) is 17.7 Å². The van der Waals surface area contributed by atoms with Gasteiger partial charge < -0.3 is 4.74 Å². The highest BCUT2D eigenvalue weighted by molar-refractivity contribution is 9.09. The molecule has 3 heteroatoms. The van der Waals surface area contributed by atoms with Crippen LogP contribution in [0, 0.1) is 17.3 Å². The van der Waals surface area contributed by atoms with Crippen molar-refractivity contribution >= 4 is 21.7 Å². The van der Waals surface area contributed by atoms with Gasteiger partial charge in [0.1, 0.15) is 11.5 Å². The number of Topliss-reactive ketones (excluding diaryl/α,β-unsaturated/α-hetero) is 1. The Morgan fingerprint density at radius 1 is 1.20 bits per heavy atom. The Labute approximate surface area is 159 Å². The zero-order valence-corrected chi connectivity index (χ0v) is 16.8. The summed E-state index contributed by atoms with van der Waals surface area (Å²) in [6, 6.07) is 6.78. The van der Waals surface area contributed by atoms with E-state index in [0.717, 1.165) is 56.2 Å². The van der Waals surface area contributed by atoms with Crippen LogP contribution in [0.2, 0.25) is 0 Å². The first-order chi connectivity index (χ1) is 12.1. The number of carbonyl (C=O) groups is 1. The molecule has 25 heavy (non-hydrogen) atoms. The van der Waals surface area contributed by atoms with Gasteiger partial charge in [0.25, 0.3) is 0 Å². The second-order valence-electron chi connectivity index (χ2n) is 8.44. The van der Waals surface area contributed by atoms with E-state index in [1.165, 1.54) is 18.4 Å². The molecule has 0 spiro atoms. The summed E-state index contributed by atoms with van der Waals surface area (Å²) in [5.74, 6) is 3.56. The minimum absolute atomic E-state index is 0.0167. The highest BCUT2D eigenvalue weighted by Crippen LogP contribution is 2.59. The number of hydrogen-bond donors (Lipinski definition) is 0. The normalized spacial score (nSPS) is 33.5. The summed E-state index contributed by atoms with van der Waals surface area (Å²) in [6.07, 6.45) is 8.87. The molecule has 0 amide bonds. The number of halogens is 1. The molecule has 0 N–H and O–H groups in total. The highest BCUT2D eigenvalue weighted by atomic mass is 79.9. The van der Waals surface area contributed by atoms with Crippen molar-refractivity contribution in [1.29, 1.82) is 0 Å². The van der Waals surface area contributed by atoms with E-state index in [9.17, 15) is 4.79 Å². The fourth-order valence-corrected chi connectivity index (χ4v) is 6.20. The van der Waals surface area contributed by atoms with E-state index >= 15 is 0 Å². The number of rotatable bonds is 5. The standard InChI is InChI=1S/C22H29BrO2/c1-22-11-10-18-17-7-5-16(25-13-3-2-12-23)14-15(17)4-6-19(18)20(22)8-9-21(22)24/h5,7,14,18-20H,2-4,6,8-13H2,1H3/t18-,19-,20+,22+/m1/s1. The minimum Gasteiger partial charge on any atom is -0.494 e. The minimum atomic E-state index is -0.0167. The lowest BCUT2D eigenvalue weighted by molar-refractivity contribution is -0.129. The van der Waals surface area contributed by atoms with E-state index in [1.807, 2.05) is 0 Å². The Bertz CT molecular complexity index is 655. The summed E-state index contributed by atoms with van der Waals surface area (Å²) in [4.78, 5) is 12.4. The fraction of sp³-hybridized carbons (Fsp3) is 0.682. The lowest BCUT2D eigenvalue weighted by Gasteiger charge is -2.48. The molecule has 1 aromatic rings. The van der Waals surface area contributed by atoms with Gasteiger partial charge >= 0.3 is 0 Å². The van der Waals surface area contributed by atoms with Gasteiger partial charge in [0.15, 0.2) is 0 Å². The number of fused-ring (bicyclic) bond motifs is 5. The Hall–Kier alpha value is -0.830. The van der Waals surface area contributed by atoms with Gasteiger partial charge in [0.2, 0.25) is 0 Å². The number of carbonyl (C=O) groups excluding carboxylic acids is 1. The quantitative estimate of drug-likeness (QED) is 0.466. The first kappa shape index (κ1) is 17.6. The zero-order chi connectivity index (χ0) is 17.4. The first-order valence-corrected chi connectivity index (χ1v) is 11.1. The van der Waals surface area contributed by atoms with Crippen LogP contribution in [0.25, 0.3) is 0 Å². The molecule has 0 radical (unpaired) electrons. The number of aryl methyl sites for hydroxylation is 1. The zero-order valence-electron chi connectivity index (χ0n) is 15.2. The molecule has 0 bridgehead atoms. The van der Waals surface area contributed by atoms with Gasteiger partial charge in [-0.05, 0) is 86.0 Å². The van der Waals surface area contributed by atoms with E-state index < -0.39 is 0 Å². The van der Waals surface area contributed by atoms with Gasteiger partial charge in [-0.15, -0.1) is 0 Å². The van der Waals surface area contributed by atoms with Crippen molar-refractivity contribution in [1.82, 2.24) is 0 Å². The third-order valence-corrected chi connectivity index (χ3v) is 7.76. The van der Waals surface area contributed by atoms with Crippen LogP contribution in [-0.2, 0) is 11.2 Å². The van der Waals surface area contributed by atoms with Crippen molar-refractivity contribution in [2.75, 3.05) is 11.9 Å². The lowest BCUT2D eigenvalue weighted by atomic mass is 9.55. The van der Waals surface area contributed by atoms with Crippen molar-refractivity contribution in [2.45, 2.75) is 64.2 Å². The van der Waals surface area contributed by atoms with Crippen LogP contribution in [0.4, 0.5) is 0 Å². The third-order valence-electron chi connectivity index (χ3n) is 7.20. The second kappa shape index (κ2) is 7.06. The maximum absolute atomic E-state index is 12.4. The molecular weight excluding hydrogens is 376 g/mol. The third kappa shape index (κ3) is 3.07. The molecule has 4 atom stereocenters. The largest absolute Gasteiger partial charge is 0.494 e. The summed E-state index contributed by atoms with van der Waals surface area (Å²) in [6.45, 7) is 3.06. The maximum atomic E-state index is 12.4. The van der Waals surface area contributed by atoms with E-state index in [1.54, 1.807) is 5.56 Å². The predicted octanol–water partition coefficient (Wildman–Crippen LogP) is 5.67. The number of ether oxygens (including phenoxy) is 1. The number of ketones is 1. The van der Waals surface area contributed by atoms with Crippen molar-refractivity contribution < 1.29 is 9.53 Å². The topological polar surface area (TPSA) is 26.3 Å². The second-order valence-corrected chi connectivity index (χ2v) is 9.23. The van der Waals surface area contributed by atoms with E-state index in [0.29, 0.717) is 23.5 Å². The Kier molecular flexibility index (Phi) is 4.96.